The number of nitrogens with zero attached hydrogens (tertiary/aromatic N) is 1. The quantitative estimate of drug-likeness (QED) is 0.201. The lowest BCUT2D eigenvalue weighted by Gasteiger charge is -2.42. The molecule has 4 aromatic carbocycles. The van der Waals surface area contributed by atoms with Gasteiger partial charge < -0.3 is 35.4 Å². The van der Waals surface area contributed by atoms with Gasteiger partial charge in [0.25, 0.3) is 0 Å². The number of benzene rings is 4. The fraction of sp³-hybridized carbons (Fsp3) is 0.314. The maximum atomic E-state index is 10.8. The van der Waals surface area contributed by atoms with Crippen molar-refractivity contribution in [3.8, 4) is 16.9 Å². The van der Waals surface area contributed by atoms with Crippen LogP contribution in [0.5, 0.6) is 5.75 Å². The SMILES string of the molecule is CC1C(CN(C)CC(O)c2cccc(O)c2)OC(c2ccc(-c3cccc(CN)c3)cc2)OC1c1ccc(CO)cc1. The van der Waals surface area contributed by atoms with Crippen LogP contribution < -0.4 is 5.73 Å². The van der Waals surface area contributed by atoms with E-state index in [0.29, 0.717) is 25.2 Å². The number of nitrogens with two attached hydrogens (primary N) is 1. The second-order valence-corrected chi connectivity index (χ2v) is 11.2. The third-order valence-electron chi connectivity index (χ3n) is 8.03. The minimum Gasteiger partial charge on any atom is -0.508 e. The molecule has 5 rings (SSSR count). The van der Waals surface area contributed by atoms with Gasteiger partial charge in [0.15, 0.2) is 6.29 Å². The van der Waals surface area contributed by atoms with Crippen LogP contribution in [0.1, 0.15) is 53.2 Å². The molecule has 1 fully saturated rings. The van der Waals surface area contributed by atoms with Gasteiger partial charge >= 0.3 is 0 Å². The molecule has 1 saturated heterocycles. The number of hydrogen-bond acceptors (Lipinski definition) is 7. The third-order valence-corrected chi connectivity index (χ3v) is 8.03. The molecule has 0 aliphatic carbocycles. The molecule has 5 atom stereocenters. The average Bonchev–Trinajstić information content (AvgIpc) is 3.02. The summed E-state index contributed by atoms with van der Waals surface area (Å²) in [5, 5.41) is 30.2. The first-order valence-corrected chi connectivity index (χ1v) is 14.4. The predicted octanol–water partition coefficient (Wildman–Crippen LogP) is 5.47. The number of likely N-dealkylation sites (N-methyl/N-ethyl adjacent to an activating group) is 1. The van der Waals surface area contributed by atoms with Crippen LogP contribution in [0, 0.1) is 5.92 Å². The van der Waals surface area contributed by atoms with E-state index in [9.17, 15) is 15.3 Å². The molecule has 0 saturated carbocycles. The summed E-state index contributed by atoms with van der Waals surface area (Å²) >= 11 is 0. The fourth-order valence-electron chi connectivity index (χ4n) is 5.55. The first-order chi connectivity index (χ1) is 20.3. The Hall–Kier alpha value is -3.56. The van der Waals surface area contributed by atoms with E-state index in [-0.39, 0.29) is 30.5 Å². The highest BCUT2D eigenvalue weighted by atomic mass is 16.7. The summed E-state index contributed by atoms with van der Waals surface area (Å²) in [7, 11) is 1.96. The van der Waals surface area contributed by atoms with Gasteiger partial charge in [-0.2, -0.15) is 0 Å². The first-order valence-electron chi connectivity index (χ1n) is 14.4. The topological polar surface area (TPSA) is 108 Å². The van der Waals surface area contributed by atoms with Gasteiger partial charge in [-0.3, -0.25) is 0 Å². The average molecular weight is 569 g/mol. The van der Waals surface area contributed by atoms with Gasteiger partial charge in [0, 0.05) is 31.1 Å². The summed E-state index contributed by atoms with van der Waals surface area (Å²) in [6.07, 6.45) is -1.75. The molecular formula is C35H40N2O5. The monoisotopic (exact) mass is 568 g/mol. The predicted molar refractivity (Wildman–Crippen MR) is 163 cm³/mol. The molecule has 7 heteroatoms. The van der Waals surface area contributed by atoms with Crippen LogP contribution in [0.4, 0.5) is 0 Å². The van der Waals surface area contributed by atoms with Gasteiger partial charge in [-0.05, 0) is 58.6 Å². The molecule has 1 heterocycles. The summed E-state index contributed by atoms with van der Waals surface area (Å²) in [5.41, 5.74) is 12.6. The molecule has 0 radical (unpaired) electrons. The van der Waals surface area contributed by atoms with E-state index in [1.807, 2.05) is 61.6 Å². The fourth-order valence-corrected chi connectivity index (χ4v) is 5.55. The second kappa shape index (κ2) is 13.6. The Balaban J connectivity index is 1.36. The summed E-state index contributed by atoms with van der Waals surface area (Å²) in [6, 6.07) is 31.1. The number of aliphatic hydroxyl groups excluding tert-OH is 2. The number of hydrogen-bond donors (Lipinski definition) is 4. The standard InChI is InChI=1S/C35H40N2O5/c1-23-33(21-37(2)20-32(40)30-7-4-8-31(39)18-30)41-35(42-34(23)27-11-9-24(22-38)10-12-27)28-15-13-26(14-16-28)29-6-3-5-25(17-29)19-36/h3-18,23,32-35,38-40H,19-22,36H2,1-2H3. The smallest absolute Gasteiger partial charge is 0.184 e. The van der Waals surface area contributed by atoms with Gasteiger partial charge in [0.1, 0.15) is 5.75 Å². The molecule has 5 N–H and O–H groups in total. The highest BCUT2D eigenvalue weighted by Crippen LogP contribution is 2.42. The first kappa shape index (κ1) is 29.9. The Bertz CT molecular complexity index is 1440. The van der Waals surface area contributed by atoms with Crippen LogP contribution in [-0.2, 0) is 22.6 Å². The summed E-state index contributed by atoms with van der Waals surface area (Å²) in [6.45, 7) is 3.57. The molecule has 4 aromatic rings. The van der Waals surface area contributed by atoms with Gasteiger partial charge in [0.05, 0.1) is 24.9 Å². The Labute approximate surface area is 247 Å². The minimum atomic E-state index is -0.750. The van der Waals surface area contributed by atoms with E-state index in [1.165, 1.54) is 0 Å². The van der Waals surface area contributed by atoms with Crippen LogP contribution in [-0.4, -0.2) is 46.5 Å². The van der Waals surface area contributed by atoms with Crippen molar-refractivity contribution in [2.75, 3.05) is 20.1 Å². The molecular weight excluding hydrogens is 528 g/mol. The zero-order chi connectivity index (χ0) is 29.6. The summed E-state index contributed by atoms with van der Waals surface area (Å²) in [5.74, 6) is 0.145. The highest BCUT2D eigenvalue weighted by molar-refractivity contribution is 5.64. The largest absolute Gasteiger partial charge is 0.508 e. The Morgan fingerprint density at radius 2 is 1.55 bits per heavy atom. The van der Waals surface area contributed by atoms with E-state index in [1.54, 1.807) is 18.2 Å². The lowest BCUT2D eigenvalue weighted by atomic mass is 9.90. The van der Waals surface area contributed by atoms with Gasteiger partial charge in [0.2, 0.25) is 0 Å². The number of ether oxygens (including phenoxy) is 2. The maximum absolute atomic E-state index is 10.8. The molecule has 0 bridgehead atoms. The van der Waals surface area contributed by atoms with Crippen molar-refractivity contribution >= 4 is 0 Å². The lowest BCUT2D eigenvalue weighted by Crippen LogP contribution is -2.44. The van der Waals surface area contributed by atoms with Crippen molar-refractivity contribution in [1.29, 1.82) is 0 Å². The molecule has 220 valence electrons. The van der Waals surface area contributed by atoms with Crippen molar-refractivity contribution in [2.24, 2.45) is 11.7 Å². The minimum absolute atomic E-state index is 0.0113. The van der Waals surface area contributed by atoms with E-state index in [4.69, 9.17) is 15.2 Å². The maximum Gasteiger partial charge on any atom is 0.184 e. The molecule has 1 aliphatic rings. The van der Waals surface area contributed by atoms with Crippen LogP contribution >= 0.6 is 0 Å². The molecule has 42 heavy (non-hydrogen) atoms. The van der Waals surface area contributed by atoms with Crippen LogP contribution in [0.2, 0.25) is 0 Å². The van der Waals surface area contributed by atoms with Crippen molar-refractivity contribution in [2.45, 2.75) is 44.7 Å². The van der Waals surface area contributed by atoms with Crippen LogP contribution in [0.15, 0.2) is 97.1 Å². The van der Waals surface area contributed by atoms with Gasteiger partial charge in [-0.1, -0.05) is 85.8 Å². The van der Waals surface area contributed by atoms with Crippen molar-refractivity contribution in [3.63, 3.8) is 0 Å². The van der Waals surface area contributed by atoms with Gasteiger partial charge in [-0.25, -0.2) is 0 Å². The van der Waals surface area contributed by atoms with Gasteiger partial charge in [-0.15, -0.1) is 0 Å². The molecule has 0 spiro atoms. The lowest BCUT2D eigenvalue weighted by molar-refractivity contribution is -0.276. The van der Waals surface area contributed by atoms with E-state index in [0.717, 1.165) is 33.4 Å². The normalized spacial score (nSPS) is 21.4. The summed E-state index contributed by atoms with van der Waals surface area (Å²) < 4.78 is 13.2. The Morgan fingerprint density at radius 1 is 0.833 bits per heavy atom. The molecule has 0 aromatic heterocycles. The van der Waals surface area contributed by atoms with Crippen molar-refractivity contribution < 1.29 is 24.8 Å². The molecule has 7 nitrogen and oxygen atoms in total. The zero-order valence-electron chi connectivity index (χ0n) is 24.1. The number of aliphatic hydroxyl groups is 2. The van der Waals surface area contributed by atoms with Crippen molar-refractivity contribution in [3.05, 3.63) is 125 Å². The number of phenolic OH excluding ortho intramolecular Hbond substituents is 1. The van der Waals surface area contributed by atoms with Crippen LogP contribution in [0.25, 0.3) is 11.1 Å². The molecule has 1 aliphatic heterocycles. The van der Waals surface area contributed by atoms with E-state index < -0.39 is 12.4 Å². The second-order valence-electron chi connectivity index (χ2n) is 11.2. The Morgan fingerprint density at radius 3 is 2.24 bits per heavy atom. The number of aromatic hydroxyl groups is 1. The zero-order valence-corrected chi connectivity index (χ0v) is 24.1. The van der Waals surface area contributed by atoms with E-state index >= 15 is 0 Å². The number of rotatable bonds is 10. The number of phenols is 1. The molecule has 0 amide bonds. The molecule has 5 unspecified atom stereocenters. The van der Waals surface area contributed by atoms with Crippen molar-refractivity contribution in [1.82, 2.24) is 4.90 Å². The van der Waals surface area contributed by atoms with Crippen LogP contribution in [0.3, 0.4) is 0 Å². The summed E-state index contributed by atoms with van der Waals surface area (Å²) in [4.78, 5) is 2.05. The van der Waals surface area contributed by atoms with E-state index in [2.05, 4.69) is 36.1 Å². The highest BCUT2D eigenvalue weighted by Gasteiger charge is 2.39. The Kier molecular flexibility index (Phi) is 9.69. The third kappa shape index (κ3) is 7.07.